The number of aromatic nitrogens is 2. The lowest BCUT2D eigenvalue weighted by Gasteiger charge is -2.06. The molecule has 0 atom stereocenters. The minimum absolute atomic E-state index is 0.0542. The van der Waals surface area contributed by atoms with Gasteiger partial charge in [0.25, 0.3) is 0 Å². The zero-order valence-electron chi connectivity index (χ0n) is 11.0. The summed E-state index contributed by atoms with van der Waals surface area (Å²) in [5.41, 5.74) is 2.41. The fourth-order valence-corrected chi connectivity index (χ4v) is 2.20. The molecule has 0 unspecified atom stereocenters. The van der Waals surface area contributed by atoms with Gasteiger partial charge in [0, 0.05) is 31.2 Å². The van der Waals surface area contributed by atoms with Crippen molar-refractivity contribution in [3.05, 3.63) is 65.9 Å². The molecule has 3 rings (SSSR count). The summed E-state index contributed by atoms with van der Waals surface area (Å²) in [5, 5.41) is 0.983. The SMILES string of the molecule is CC(=O)c1cc2c(ccn2Cc2ccc(F)cc2)cn1. The summed E-state index contributed by atoms with van der Waals surface area (Å²) >= 11 is 0. The van der Waals surface area contributed by atoms with Crippen LogP contribution in [0.15, 0.2) is 48.8 Å². The Morgan fingerprint density at radius 3 is 2.70 bits per heavy atom. The van der Waals surface area contributed by atoms with Crippen LogP contribution in [0.5, 0.6) is 0 Å². The summed E-state index contributed by atoms with van der Waals surface area (Å²) in [6, 6.07) is 10.2. The number of rotatable bonds is 3. The van der Waals surface area contributed by atoms with E-state index in [0.29, 0.717) is 12.2 Å². The van der Waals surface area contributed by atoms with E-state index in [1.54, 1.807) is 24.4 Å². The van der Waals surface area contributed by atoms with Crippen LogP contribution in [0.3, 0.4) is 0 Å². The van der Waals surface area contributed by atoms with Gasteiger partial charge in [-0.1, -0.05) is 12.1 Å². The molecule has 0 saturated carbocycles. The Labute approximate surface area is 115 Å². The molecule has 0 radical (unpaired) electrons. The lowest BCUT2D eigenvalue weighted by atomic mass is 10.2. The molecule has 0 N–H and O–H groups in total. The highest BCUT2D eigenvalue weighted by Crippen LogP contribution is 2.18. The first-order valence-electron chi connectivity index (χ1n) is 6.34. The number of benzene rings is 1. The summed E-state index contributed by atoms with van der Waals surface area (Å²) in [4.78, 5) is 15.5. The number of Topliss-reactive ketones (excluding diaryl/α,β-unsaturated/α-hetero) is 1. The highest BCUT2D eigenvalue weighted by Gasteiger charge is 2.07. The zero-order valence-corrected chi connectivity index (χ0v) is 11.0. The van der Waals surface area contributed by atoms with Gasteiger partial charge < -0.3 is 4.57 Å². The van der Waals surface area contributed by atoms with Crippen LogP contribution >= 0.6 is 0 Å². The Morgan fingerprint density at radius 1 is 1.25 bits per heavy atom. The smallest absolute Gasteiger partial charge is 0.178 e. The van der Waals surface area contributed by atoms with Gasteiger partial charge in [-0.3, -0.25) is 9.78 Å². The van der Waals surface area contributed by atoms with Crippen LogP contribution in [0.1, 0.15) is 23.0 Å². The Bertz CT molecular complexity index is 775. The summed E-state index contributed by atoms with van der Waals surface area (Å²) < 4.78 is 14.9. The second-order valence-corrected chi connectivity index (χ2v) is 4.75. The molecule has 20 heavy (non-hydrogen) atoms. The molecule has 0 aliphatic heterocycles. The van der Waals surface area contributed by atoms with Crippen LogP contribution in [0.25, 0.3) is 10.9 Å². The molecule has 4 heteroatoms. The van der Waals surface area contributed by atoms with E-state index in [0.717, 1.165) is 16.5 Å². The number of nitrogens with zero attached hydrogens (tertiary/aromatic N) is 2. The third-order valence-electron chi connectivity index (χ3n) is 3.28. The summed E-state index contributed by atoms with van der Waals surface area (Å²) in [7, 11) is 0. The van der Waals surface area contributed by atoms with E-state index >= 15 is 0 Å². The first kappa shape index (κ1) is 12.5. The van der Waals surface area contributed by atoms with E-state index in [2.05, 4.69) is 4.98 Å². The molecule has 3 nitrogen and oxygen atoms in total. The molecule has 0 bridgehead atoms. The van der Waals surface area contributed by atoms with E-state index in [-0.39, 0.29) is 11.6 Å². The van der Waals surface area contributed by atoms with Crippen LogP contribution in [-0.4, -0.2) is 15.3 Å². The van der Waals surface area contributed by atoms with Crippen molar-refractivity contribution in [2.24, 2.45) is 0 Å². The molecule has 0 aliphatic rings. The molecule has 0 fully saturated rings. The van der Waals surface area contributed by atoms with E-state index in [4.69, 9.17) is 0 Å². The highest BCUT2D eigenvalue weighted by molar-refractivity contribution is 5.95. The fourth-order valence-electron chi connectivity index (χ4n) is 2.20. The van der Waals surface area contributed by atoms with Crippen molar-refractivity contribution in [3.63, 3.8) is 0 Å². The Morgan fingerprint density at radius 2 is 2.00 bits per heavy atom. The predicted molar refractivity (Wildman–Crippen MR) is 75.2 cm³/mol. The van der Waals surface area contributed by atoms with Crippen molar-refractivity contribution in [3.8, 4) is 0 Å². The Kier molecular flexibility index (Phi) is 3.06. The van der Waals surface area contributed by atoms with Gasteiger partial charge >= 0.3 is 0 Å². The third-order valence-corrected chi connectivity index (χ3v) is 3.28. The van der Waals surface area contributed by atoms with Gasteiger partial charge in [-0.2, -0.15) is 0 Å². The largest absolute Gasteiger partial charge is 0.343 e. The van der Waals surface area contributed by atoms with Gasteiger partial charge in [0.05, 0.1) is 5.52 Å². The van der Waals surface area contributed by atoms with E-state index in [1.165, 1.54) is 19.1 Å². The number of carbonyl (C=O) groups is 1. The third kappa shape index (κ3) is 2.32. The van der Waals surface area contributed by atoms with Crippen molar-refractivity contribution >= 4 is 16.7 Å². The van der Waals surface area contributed by atoms with Crippen molar-refractivity contribution in [1.29, 1.82) is 0 Å². The highest BCUT2D eigenvalue weighted by atomic mass is 19.1. The van der Waals surface area contributed by atoms with Gasteiger partial charge in [0.1, 0.15) is 11.5 Å². The van der Waals surface area contributed by atoms with E-state index in [9.17, 15) is 9.18 Å². The van der Waals surface area contributed by atoms with Gasteiger partial charge in [0.2, 0.25) is 0 Å². The topological polar surface area (TPSA) is 34.9 Å². The Balaban J connectivity index is 2.00. The molecule has 0 spiro atoms. The maximum absolute atomic E-state index is 12.9. The molecule has 2 heterocycles. The van der Waals surface area contributed by atoms with Gasteiger partial charge in [-0.05, 0) is 29.8 Å². The molecular formula is C16H13FN2O. The average Bonchev–Trinajstić information content (AvgIpc) is 2.84. The van der Waals surface area contributed by atoms with Crippen molar-refractivity contribution < 1.29 is 9.18 Å². The zero-order chi connectivity index (χ0) is 14.1. The van der Waals surface area contributed by atoms with Gasteiger partial charge in [-0.25, -0.2) is 4.39 Å². The number of carbonyl (C=O) groups excluding carboxylic acids is 1. The normalized spacial score (nSPS) is 10.9. The lowest BCUT2D eigenvalue weighted by Crippen LogP contribution is -2.00. The minimum Gasteiger partial charge on any atom is -0.343 e. The standard InChI is InChI=1S/C16H13FN2O/c1-11(20)15-8-16-13(9-18-15)6-7-19(16)10-12-2-4-14(17)5-3-12/h2-9H,10H2,1H3. The van der Waals surface area contributed by atoms with Crippen LogP contribution in [0, 0.1) is 5.82 Å². The molecule has 0 aliphatic carbocycles. The van der Waals surface area contributed by atoms with Crippen LogP contribution in [-0.2, 0) is 6.54 Å². The molecule has 100 valence electrons. The van der Waals surface area contributed by atoms with Crippen molar-refractivity contribution in [2.75, 3.05) is 0 Å². The monoisotopic (exact) mass is 268 g/mol. The molecule has 0 amide bonds. The molecule has 0 saturated heterocycles. The molecule has 3 aromatic rings. The quantitative estimate of drug-likeness (QED) is 0.682. The fraction of sp³-hybridized carbons (Fsp3) is 0.125. The molecular weight excluding hydrogens is 255 g/mol. The number of hydrogen-bond acceptors (Lipinski definition) is 2. The summed E-state index contributed by atoms with van der Waals surface area (Å²) in [6.07, 6.45) is 3.65. The number of hydrogen-bond donors (Lipinski definition) is 0. The maximum atomic E-state index is 12.9. The predicted octanol–water partition coefficient (Wildman–Crippen LogP) is 3.43. The van der Waals surface area contributed by atoms with Gasteiger partial charge in [0.15, 0.2) is 5.78 Å². The lowest BCUT2D eigenvalue weighted by molar-refractivity contribution is 0.101. The van der Waals surface area contributed by atoms with Crippen LogP contribution in [0.4, 0.5) is 4.39 Å². The molecule has 2 aromatic heterocycles. The Hall–Kier alpha value is -2.49. The first-order valence-corrected chi connectivity index (χ1v) is 6.34. The molecule has 1 aromatic carbocycles. The minimum atomic E-state index is -0.241. The average molecular weight is 268 g/mol. The van der Waals surface area contributed by atoms with E-state index < -0.39 is 0 Å². The first-order chi connectivity index (χ1) is 9.63. The second-order valence-electron chi connectivity index (χ2n) is 4.75. The van der Waals surface area contributed by atoms with Crippen molar-refractivity contribution in [1.82, 2.24) is 9.55 Å². The number of halogens is 1. The van der Waals surface area contributed by atoms with Crippen LogP contribution in [0.2, 0.25) is 0 Å². The van der Waals surface area contributed by atoms with E-state index in [1.807, 2.05) is 16.8 Å². The summed E-state index contributed by atoms with van der Waals surface area (Å²) in [6.45, 7) is 2.13. The maximum Gasteiger partial charge on any atom is 0.178 e. The second kappa shape index (κ2) is 4.89. The summed E-state index contributed by atoms with van der Waals surface area (Å²) in [5.74, 6) is -0.296. The number of pyridine rings is 1. The van der Waals surface area contributed by atoms with Crippen LogP contribution < -0.4 is 0 Å². The van der Waals surface area contributed by atoms with Crippen molar-refractivity contribution in [2.45, 2.75) is 13.5 Å². The number of ketones is 1. The number of fused-ring (bicyclic) bond motifs is 1. The van der Waals surface area contributed by atoms with Gasteiger partial charge in [-0.15, -0.1) is 0 Å².